The Morgan fingerprint density at radius 3 is 2.71 bits per heavy atom. The van der Waals surface area contributed by atoms with Gasteiger partial charge in [-0.05, 0) is 36.3 Å². The summed E-state index contributed by atoms with van der Waals surface area (Å²) in [5, 5.41) is 1.44. The number of hydrogen-bond acceptors (Lipinski definition) is 3. The maximum Gasteiger partial charge on any atom is 0.387 e. The number of carbonyl (C=O) groups excluding carboxylic acids is 1. The number of halogens is 4. The van der Waals surface area contributed by atoms with Crippen molar-refractivity contribution < 1.29 is 23.0 Å². The summed E-state index contributed by atoms with van der Waals surface area (Å²) in [5.41, 5.74) is 3.27. The Labute approximate surface area is 171 Å². The third-order valence-corrected chi connectivity index (χ3v) is 5.70. The summed E-state index contributed by atoms with van der Waals surface area (Å²) in [4.78, 5) is 10.7. The van der Waals surface area contributed by atoms with Gasteiger partial charge in [0.05, 0.1) is 12.6 Å². The summed E-state index contributed by atoms with van der Waals surface area (Å²) in [6.07, 6.45) is 3.81. The molecule has 0 radical (unpaired) electrons. The Kier molecular flexibility index (Phi) is 5.73. The molecular weight excluding hydrogens is 411 g/mol. The molecule has 28 heavy (non-hydrogen) atoms. The van der Waals surface area contributed by atoms with E-state index in [-0.39, 0.29) is 12.2 Å². The van der Waals surface area contributed by atoms with Crippen molar-refractivity contribution in [3.63, 3.8) is 0 Å². The topological polar surface area (TPSA) is 40.5 Å². The van der Waals surface area contributed by atoms with Gasteiger partial charge in [0.2, 0.25) is 0 Å². The van der Waals surface area contributed by atoms with Crippen molar-refractivity contribution in [2.24, 2.45) is 7.05 Å². The van der Waals surface area contributed by atoms with Gasteiger partial charge in [0.25, 0.3) is 0 Å². The van der Waals surface area contributed by atoms with Crippen molar-refractivity contribution in [1.82, 2.24) is 4.57 Å². The number of methoxy groups -OCH3 is 1. The van der Waals surface area contributed by atoms with Gasteiger partial charge in [-0.3, -0.25) is 0 Å². The van der Waals surface area contributed by atoms with Crippen molar-refractivity contribution in [3.05, 3.63) is 52.2 Å². The second-order valence-corrected chi connectivity index (χ2v) is 7.82. The van der Waals surface area contributed by atoms with Crippen molar-refractivity contribution in [2.45, 2.75) is 31.3 Å². The van der Waals surface area contributed by atoms with Gasteiger partial charge < -0.3 is 14.0 Å². The first-order valence-electron chi connectivity index (χ1n) is 8.52. The summed E-state index contributed by atoms with van der Waals surface area (Å²) in [7, 11) is 3.12. The highest BCUT2D eigenvalue weighted by Crippen LogP contribution is 2.37. The maximum atomic E-state index is 12.6. The Morgan fingerprint density at radius 1 is 1.36 bits per heavy atom. The fraction of sp³-hybridized carbons (Fsp3) is 0.350. The van der Waals surface area contributed by atoms with Crippen LogP contribution >= 0.6 is 23.2 Å². The predicted molar refractivity (Wildman–Crippen MR) is 105 cm³/mol. The Morgan fingerprint density at radius 2 is 2.07 bits per heavy atom. The molecule has 0 N–H and O–H groups in total. The van der Waals surface area contributed by atoms with E-state index in [4.69, 9.17) is 27.9 Å². The molecule has 0 saturated carbocycles. The van der Waals surface area contributed by atoms with Crippen molar-refractivity contribution in [2.75, 3.05) is 7.11 Å². The maximum absolute atomic E-state index is 12.6. The van der Waals surface area contributed by atoms with Gasteiger partial charge in [-0.25, -0.2) is 4.79 Å². The van der Waals surface area contributed by atoms with E-state index in [1.54, 1.807) is 18.2 Å². The van der Waals surface area contributed by atoms with Crippen LogP contribution in [0.4, 0.5) is 8.78 Å². The molecule has 2 aromatic rings. The molecule has 1 aromatic heterocycles. The van der Waals surface area contributed by atoms with Gasteiger partial charge in [0, 0.05) is 42.1 Å². The fourth-order valence-electron chi connectivity index (χ4n) is 3.42. The summed E-state index contributed by atoms with van der Waals surface area (Å²) in [6.45, 7) is -1.05. The minimum atomic E-state index is -2.88. The summed E-state index contributed by atoms with van der Waals surface area (Å²) < 4.78 is 36.4. The SMILES string of the molecule is COC(=O)C1(Cl)C=CC(Cl)=C(Cc2cc3c(C)cc(OC(F)F)cc3n2C)C1. The molecule has 1 aliphatic carbocycles. The van der Waals surface area contributed by atoms with Crippen LogP contribution in [0.1, 0.15) is 17.7 Å². The van der Waals surface area contributed by atoms with E-state index >= 15 is 0 Å². The second kappa shape index (κ2) is 7.76. The standard InChI is InChI=1S/C20H19Cl2F2NO3/c1-11-6-14(28-19(23)24)9-17-15(11)8-13(25(17)2)7-12-10-20(22,18(26)27-3)5-4-16(12)21/h4-6,8-9,19H,7,10H2,1-3H3. The first kappa shape index (κ1) is 20.7. The Bertz CT molecular complexity index is 997. The molecule has 1 atom stereocenters. The highest BCUT2D eigenvalue weighted by Gasteiger charge is 2.38. The van der Waals surface area contributed by atoms with E-state index in [0.717, 1.165) is 27.7 Å². The number of aromatic nitrogens is 1. The largest absolute Gasteiger partial charge is 0.467 e. The van der Waals surface area contributed by atoms with Gasteiger partial charge in [0.1, 0.15) is 5.75 Å². The number of ether oxygens (including phenoxy) is 2. The average molecular weight is 430 g/mol. The van der Waals surface area contributed by atoms with Crippen LogP contribution in [0, 0.1) is 6.92 Å². The molecule has 1 unspecified atom stereocenters. The molecule has 1 heterocycles. The van der Waals surface area contributed by atoms with Gasteiger partial charge in [-0.2, -0.15) is 8.78 Å². The van der Waals surface area contributed by atoms with Crippen molar-refractivity contribution >= 4 is 40.1 Å². The molecule has 1 aliphatic rings. The molecule has 1 aromatic carbocycles. The minimum absolute atomic E-state index is 0.107. The van der Waals surface area contributed by atoms with Gasteiger partial charge >= 0.3 is 12.6 Å². The lowest BCUT2D eigenvalue weighted by Gasteiger charge is -2.26. The number of alkyl halides is 3. The highest BCUT2D eigenvalue weighted by atomic mass is 35.5. The van der Waals surface area contributed by atoms with Crippen LogP contribution < -0.4 is 4.74 Å². The molecule has 4 nitrogen and oxygen atoms in total. The average Bonchev–Trinajstić information content (AvgIpc) is 2.94. The molecule has 8 heteroatoms. The predicted octanol–water partition coefficient (Wildman–Crippen LogP) is 5.23. The molecule has 3 rings (SSSR count). The van der Waals surface area contributed by atoms with Crippen molar-refractivity contribution in [3.8, 4) is 5.75 Å². The van der Waals surface area contributed by atoms with Crippen LogP contribution in [-0.4, -0.2) is 29.1 Å². The summed E-state index contributed by atoms with van der Waals surface area (Å²) in [6, 6.07) is 5.13. The number of hydrogen-bond donors (Lipinski definition) is 0. The molecule has 0 aliphatic heterocycles. The number of fused-ring (bicyclic) bond motifs is 1. The van der Waals surface area contributed by atoms with Crippen LogP contribution in [0.15, 0.2) is 41.0 Å². The lowest BCUT2D eigenvalue weighted by Crippen LogP contribution is -2.34. The van der Waals surface area contributed by atoms with Crippen LogP contribution in [0.3, 0.4) is 0 Å². The first-order valence-corrected chi connectivity index (χ1v) is 9.28. The zero-order chi connectivity index (χ0) is 20.6. The third kappa shape index (κ3) is 3.89. The molecule has 0 bridgehead atoms. The van der Waals surface area contributed by atoms with Crippen LogP contribution in [-0.2, 0) is 23.0 Å². The van der Waals surface area contributed by atoms with Crippen LogP contribution in [0.2, 0.25) is 0 Å². The lowest BCUT2D eigenvalue weighted by molar-refractivity contribution is -0.142. The third-order valence-electron chi connectivity index (χ3n) is 4.89. The van der Waals surface area contributed by atoms with Gasteiger partial charge in [-0.15, -0.1) is 11.6 Å². The number of nitrogens with zero attached hydrogens (tertiary/aromatic N) is 1. The normalized spacial score (nSPS) is 19.6. The van der Waals surface area contributed by atoms with E-state index in [1.807, 2.05) is 24.6 Å². The molecule has 0 amide bonds. The lowest BCUT2D eigenvalue weighted by atomic mass is 9.90. The Balaban J connectivity index is 1.96. The second-order valence-electron chi connectivity index (χ2n) is 6.74. The van der Waals surface area contributed by atoms with Crippen molar-refractivity contribution in [1.29, 1.82) is 0 Å². The number of esters is 1. The summed E-state index contributed by atoms with van der Waals surface area (Å²) in [5.74, 6) is -0.440. The number of allylic oxidation sites excluding steroid dienone is 3. The number of aryl methyl sites for hydroxylation is 2. The van der Waals surface area contributed by atoms with Crippen LogP contribution in [0.5, 0.6) is 5.75 Å². The minimum Gasteiger partial charge on any atom is -0.467 e. The van der Waals surface area contributed by atoms with Crippen LogP contribution in [0.25, 0.3) is 10.9 Å². The smallest absolute Gasteiger partial charge is 0.387 e. The Hall–Kier alpha value is -2.05. The number of benzene rings is 1. The first-order chi connectivity index (χ1) is 13.1. The zero-order valence-corrected chi connectivity index (χ0v) is 17.1. The van der Waals surface area contributed by atoms with E-state index in [9.17, 15) is 13.6 Å². The van der Waals surface area contributed by atoms with E-state index < -0.39 is 17.5 Å². The fourth-order valence-corrected chi connectivity index (χ4v) is 3.92. The molecular formula is C20H19Cl2F2NO3. The zero-order valence-electron chi connectivity index (χ0n) is 15.6. The van der Waals surface area contributed by atoms with E-state index in [1.165, 1.54) is 13.2 Å². The van der Waals surface area contributed by atoms with Gasteiger partial charge in [0.15, 0.2) is 4.87 Å². The molecule has 0 saturated heterocycles. The van der Waals surface area contributed by atoms with E-state index in [0.29, 0.717) is 11.5 Å². The number of rotatable bonds is 5. The van der Waals surface area contributed by atoms with Gasteiger partial charge in [-0.1, -0.05) is 17.7 Å². The monoisotopic (exact) mass is 429 g/mol. The molecule has 150 valence electrons. The quantitative estimate of drug-likeness (QED) is 0.482. The van der Waals surface area contributed by atoms with E-state index in [2.05, 4.69) is 4.74 Å². The molecule has 0 fully saturated rings. The molecule has 0 spiro atoms. The number of carbonyl (C=O) groups is 1. The summed E-state index contributed by atoms with van der Waals surface area (Å²) >= 11 is 12.8. The highest BCUT2D eigenvalue weighted by molar-refractivity contribution is 6.37.